The van der Waals surface area contributed by atoms with Crippen molar-refractivity contribution in [1.82, 2.24) is 4.31 Å². The van der Waals surface area contributed by atoms with E-state index in [1.165, 1.54) is 4.31 Å². The monoisotopic (exact) mass is 280 g/mol. The highest BCUT2D eigenvalue weighted by Gasteiger charge is 2.38. The maximum absolute atomic E-state index is 12.8. The van der Waals surface area contributed by atoms with Crippen LogP contribution < -0.4 is 5.73 Å². The van der Waals surface area contributed by atoms with Crippen molar-refractivity contribution < 1.29 is 9.00 Å². The van der Waals surface area contributed by atoms with Crippen molar-refractivity contribution in [3.8, 4) is 0 Å². The van der Waals surface area contributed by atoms with Gasteiger partial charge in [-0.25, -0.2) is 4.21 Å². The first-order valence-corrected chi connectivity index (χ1v) is 7.88. The minimum atomic E-state index is -2.75. The smallest absolute Gasteiger partial charge is 0.266 e. The zero-order chi connectivity index (χ0) is 14.4. The maximum atomic E-state index is 12.8. The Bertz CT molecular complexity index is 615. The number of carbonyl (C=O) groups is 1. The molecule has 0 aliphatic carbocycles. The first kappa shape index (κ1) is 14.1. The maximum Gasteiger partial charge on any atom is 0.266 e. The number of hydrogen-bond donors (Lipinski definition) is 1. The van der Waals surface area contributed by atoms with Gasteiger partial charge < -0.3 is 5.73 Å². The molecule has 2 atom stereocenters. The lowest BCUT2D eigenvalue weighted by Gasteiger charge is -2.31. The topological polar surface area (TPSA) is 63.4 Å². The van der Waals surface area contributed by atoms with Gasteiger partial charge in [-0.2, -0.15) is 0 Å². The Balaban J connectivity index is 2.39. The van der Waals surface area contributed by atoms with Crippen LogP contribution in [0, 0.1) is 5.41 Å². The van der Waals surface area contributed by atoms with E-state index >= 15 is 0 Å². The Labute approximate surface area is 114 Å². The van der Waals surface area contributed by atoms with Crippen LogP contribution in [0.15, 0.2) is 29.2 Å². The molecule has 5 heteroatoms. The van der Waals surface area contributed by atoms with Crippen LogP contribution >= 0.6 is 0 Å². The molecular weight excluding hydrogens is 260 g/mol. The second-order valence-electron chi connectivity index (χ2n) is 5.98. The molecule has 19 heavy (non-hydrogen) atoms. The van der Waals surface area contributed by atoms with Gasteiger partial charge >= 0.3 is 0 Å². The SMILES string of the molecule is C=S1(=O)c2ccccc2C(=O)N1C[C@@H](N)C(C)(C)C. The lowest BCUT2D eigenvalue weighted by atomic mass is 9.87. The first-order valence-electron chi connectivity index (χ1n) is 6.19. The lowest BCUT2D eigenvalue weighted by Crippen LogP contribution is -2.47. The van der Waals surface area contributed by atoms with E-state index in [1.807, 2.05) is 20.8 Å². The van der Waals surface area contributed by atoms with Gasteiger partial charge in [0.05, 0.1) is 26.7 Å². The van der Waals surface area contributed by atoms with Gasteiger partial charge in [-0.1, -0.05) is 32.9 Å². The molecule has 0 bridgehead atoms. The van der Waals surface area contributed by atoms with Crippen molar-refractivity contribution in [3.63, 3.8) is 0 Å². The van der Waals surface area contributed by atoms with E-state index in [9.17, 15) is 9.00 Å². The van der Waals surface area contributed by atoms with Crippen LogP contribution in [-0.2, 0) is 9.71 Å². The molecule has 2 N–H and O–H groups in total. The molecule has 0 aromatic heterocycles. The molecule has 104 valence electrons. The Morgan fingerprint density at radius 2 is 1.95 bits per heavy atom. The van der Waals surface area contributed by atoms with E-state index in [0.29, 0.717) is 10.5 Å². The van der Waals surface area contributed by atoms with Gasteiger partial charge in [0.15, 0.2) is 0 Å². The average Bonchev–Trinajstić information content (AvgIpc) is 2.50. The van der Waals surface area contributed by atoms with E-state index in [0.717, 1.165) is 0 Å². The van der Waals surface area contributed by atoms with Gasteiger partial charge in [-0.05, 0) is 23.4 Å². The number of rotatable bonds is 2. The number of amides is 1. The summed E-state index contributed by atoms with van der Waals surface area (Å²) >= 11 is 0. The number of fused-ring (bicyclic) bond motifs is 1. The van der Waals surface area contributed by atoms with Crippen LogP contribution in [0.5, 0.6) is 0 Å². The number of nitrogens with two attached hydrogens (primary N) is 1. The number of carbonyl (C=O) groups excluding carboxylic acids is 1. The summed E-state index contributed by atoms with van der Waals surface area (Å²) in [6, 6.07) is 6.66. The summed E-state index contributed by atoms with van der Waals surface area (Å²) in [5.41, 5.74) is 6.41. The van der Waals surface area contributed by atoms with Crippen molar-refractivity contribution in [1.29, 1.82) is 0 Å². The lowest BCUT2D eigenvalue weighted by molar-refractivity contribution is 0.0856. The second-order valence-corrected chi connectivity index (χ2v) is 8.14. The normalized spacial score (nSPS) is 24.4. The molecule has 1 aliphatic heterocycles. The Morgan fingerprint density at radius 1 is 1.37 bits per heavy atom. The van der Waals surface area contributed by atoms with E-state index < -0.39 is 9.71 Å². The highest BCUT2D eigenvalue weighted by Crippen LogP contribution is 2.31. The highest BCUT2D eigenvalue weighted by atomic mass is 32.2. The first-order chi connectivity index (χ1) is 8.65. The van der Waals surface area contributed by atoms with Crippen LogP contribution in [0.25, 0.3) is 0 Å². The molecule has 0 fully saturated rings. The Morgan fingerprint density at radius 3 is 2.47 bits per heavy atom. The molecular formula is C14H20N2O2S. The molecule has 1 aromatic carbocycles. The molecule has 1 amide bonds. The number of nitrogens with zero attached hydrogens (tertiary/aromatic N) is 1. The van der Waals surface area contributed by atoms with E-state index in [2.05, 4.69) is 5.87 Å². The fourth-order valence-electron chi connectivity index (χ4n) is 1.96. The van der Waals surface area contributed by atoms with E-state index in [4.69, 9.17) is 5.73 Å². The van der Waals surface area contributed by atoms with Crippen LogP contribution in [0.1, 0.15) is 31.1 Å². The fourth-order valence-corrected chi connectivity index (χ4v) is 3.76. The van der Waals surface area contributed by atoms with Crippen molar-refractivity contribution in [2.75, 3.05) is 6.54 Å². The molecule has 1 aromatic rings. The summed E-state index contributed by atoms with van der Waals surface area (Å²) in [4.78, 5) is 12.8. The quantitative estimate of drug-likeness (QED) is 0.835. The van der Waals surface area contributed by atoms with Crippen molar-refractivity contribution in [3.05, 3.63) is 29.8 Å². The average molecular weight is 280 g/mol. The molecule has 1 aliphatic rings. The van der Waals surface area contributed by atoms with Gasteiger partial charge in [0.25, 0.3) is 5.91 Å². The van der Waals surface area contributed by atoms with Gasteiger partial charge in [-0.3, -0.25) is 9.10 Å². The van der Waals surface area contributed by atoms with E-state index in [-0.39, 0.29) is 23.9 Å². The third kappa shape index (κ3) is 2.28. The Hall–Kier alpha value is -1.33. The predicted octanol–water partition coefficient (Wildman–Crippen LogP) is 1.51. The van der Waals surface area contributed by atoms with Gasteiger partial charge in [-0.15, -0.1) is 0 Å². The molecule has 0 saturated carbocycles. The molecule has 0 spiro atoms. The zero-order valence-corrected chi connectivity index (χ0v) is 12.4. The molecule has 0 radical (unpaired) electrons. The summed E-state index contributed by atoms with van der Waals surface area (Å²) in [5, 5.41) is 0. The summed E-state index contributed by atoms with van der Waals surface area (Å²) in [7, 11) is -2.75. The van der Waals surface area contributed by atoms with Gasteiger partial charge in [0, 0.05) is 6.04 Å². The Kier molecular flexibility index (Phi) is 3.23. The van der Waals surface area contributed by atoms with Crippen LogP contribution in [0.4, 0.5) is 0 Å². The van der Waals surface area contributed by atoms with Crippen LogP contribution in [0.2, 0.25) is 0 Å². The van der Waals surface area contributed by atoms with Gasteiger partial charge in [0.1, 0.15) is 0 Å². The molecule has 0 saturated heterocycles. The minimum Gasteiger partial charge on any atom is -0.326 e. The van der Waals surface area contributed by atoms with Crippen LogP contribution in [0.3, 0.4) is 0 Å². The van der Waals surface area contributed by atoms with Crippen molar-refractivity contribution in [2.45, 2.75) is 31.7 Å². The highest BCUT2D eigenvalue weighted by molar-refractivity contribution is 7.99. The van der Waals surface area contributed by atoms with Gasteiger partial charge in [0.2, 0.25) is 0 Å². The largest absolute Gasteiger partial charge is 0.326 e. The number of hydrogen-bond acceptors (Lipinski definition) is 3. The summed E-state index contributed by atoms with van der Waals surface area (Å²) < 4.78 is 14.1. The molecule has 4 nitrogen and oxygen atoms in total. The molecule has 1 heterocycles. The van der Waals surface area contributed by atoms with Crippen molar-refractivity contribution in [2.24, 2.45) is 11.1 Å². The minimum absolute atomic E-state index is 0.162. The fraction of sp³-hybridized carbons (Fsp3) is 0.429. The van der Waals surface area contributed by atoms with Crippen molar-refractivity contribution >= 4 is 21.5 Å². The third-order valence-electron chi connectivity index (χ3n) is 3.52. The zero-order valence-electron chi connectivity index (χ0n) is 11.6. The van der Waals surface area contributed by atoms with Crippen LogP contribution in [-0.4, -0.2) is 32.9 Å². The third-order valence-corrected chi connectivity index (χ3v) is 5.59. The molecule has 1 unspecified atom stereocenters. The number of benzene rings is 1. The summed E-state index contributed by atoms with van der Waals surface area (Å²) in [6.45, 7) is 6.24. The molecule has 2 rings (SSSR count). The summed E-state index contributed by atoms with van der Waals surface area (Å²) in [6.07, 6.45) is 0. The standard InChI is InChI=1S/C14H20N2O2S/c1-14(2,3)12(15)9-16-13(17)10-7-5-6-8-11(10)19(16,4)18/h5-8,12H,4,9,15H2,1-3H3/t12-,19?/m1/s1. The second kappa shape index (κ2) is 4.35. The van der Waals surface area contributed by atoms with E-state index in [1.54, 1.807) is 24.3 Å². The predicted molar refractivity (Wildman–Crippen MR) is 78.4 cm³/mol. The summed E-state index contributed by atoms with van der Waals surface area (Å²) in [5.74, 6) is 3.51.